The summed E-state index contributed by atoms with van der Waals surface area (Å²) in [4.78, 5) is 23.7. The van der Waals surface area contributed by atoms with E-state index in [4.69, 9.17) is 10.00 Å². The quantitative estimate of drug-likeness (QED) is 0.474. The zero-order chi connectivity index (χ0) is 21.3. The summed E-state index contributed by atoms with van der Waals surface area (Å²) in [6, 6.07) is 15.1. The maximum Gasteiger partial charge on any atom is 0.338 e. The highest BCUT2D eigenvalue weighted by atomic mass is 32.2. The minimum atomic E-state index is -3.86. The topological polar surface area (TPSA) is 125 Å². The van der Waals surface area contributed by atoms with Crippen LogP contribution in [0.5, 0.6) is 0 Å². The normalized spacial score (nSPS) is 10.8. The van der Waals surface area contributed by atoms with Gasteiger partial charge in [-0.3, -0.25) is 4.79 Å². The maximum atomic E-state index is 12.7. The molecular weight excluding hydrogens is 394 g/mol. The van der Waals surface area contributed by atoms with Crippen molar-refractivity contribution >= 4 is 21.9 Å². The SMILES string of the molecule is Cc1ccc(C(=O)OCC(=O)NCCC#N)cc1S(=O)(=O)NCc1ccccc1. The predicted octanol–water partition coefficient (Wildman–Crippen LogP) is 1.66. The molecule has 2 aromatic rings. The van der Waals surface area contributed by atoms with Crippen LogP contribution < -0.4 is 10.0 Å². The molecule has 0 aliphatic carbocycles. The third-order valence-corrected chi connectivity index (χ3v) is 5.46. The summed E-state index contributed by atoms with van der Waals surface area (Å²) >= 11 is 0. The third-order valence-electron chi connectivity index (χ3n) is 3.92. The standard InChI is InChI=1S/C20H21N3O5S/c1-15-8-9-17(20(25)28-14-19(24)22-11-5-10-21)12-18(15)29(26,27)23-13-16-6-3-2-4-7-16/h2-4,6-9,12,23H,5,11,13-14H2,1H3,(H,22,24). The zero-order valence-electron chi connectivity index (χ0n) is 15.8. The highest BCUT2D eigenvalue weighted by Crippen LogP contribution is 2.18. The first-order chi connectivity index (χ1) is 13.8. The van der Waals surface area contributed by atoms with Gasteiger partial charge in [0, 0.05) is 13.1 Å². The molecule has 1 amide bonds. The summed E-state index contributed by atoms with van der Waals surface area (Å²) in [5.74, 6) is -1.36. The van der Waals surface area contributed by atoms with Crippen molar-refractivity contribution in [3.05, 3.63) is 65.2 Å². The van der Waals surface area contributed by atoms with Crippen LogP contribution in [0.15, 0.2) is 53.4 Å². The second kappa shape index (κ2) is 10.4. The number of nitrogens with one attached hydrogen (secondary N) is 2. The largest absolute Gasteiger partial charge is 0.452 e. The van der Waals surface area contributed by atoms with Crippen LogP contribution in [0.1, 0.15) is 27.9 Å². The van der Waals surface area contributed by atoms with Gasteiger partial charge in [-0.15, -0.1) is 0 Å². The number of nitrogens with zero attached hydrogens (tertiary/aromatic N) is 1. The molecule has 0 spiro atoms. The number of rotatable bonds is 9. The third kappa shape index (κ3) is 6.71. The molecular formula is C20H21N3O5S. The van der Waals surface area contributed by atoms with Gasteiger partial charge in [-0.05, 0) is 30.2 Å². The van der Waals surface area contributed by atoms with E-state index in [0.29, 0.717) is 5.56 Å². The fraction of sp³-hybridized carbons (Fsp3) is 0.250. The minimum Gasteiger partial charge on any atom is -0.452 e. The van der Waals surface area contributed by atoms with Crippen molar-refractivity contribution in [3.63, 3.8) is 0 Å². The average molecular weight is 415 g/mol. The number of carbonyl (C=O) groups excluding carboxylic acids is 2. The Morgan fingerprint density at radius 3 is 2.55 bits per heavy atom. The van der Waals surface area contributed by atoms with Crippen molar-refractivity contribution < 1.29 is 22.7 Å². The molecule has 0 unspecified atom stereocenters. The highest BCUT2D eigenvalue weighted by molar-refractivity contribution is 7.89. The van der Waals surface area contributed by atoms with E-state index in [0.717, 1.165) is 5.56 Å². The molecule has 2 N–H and O–H groups in total. The Morgan fingerprint density at radius 2 is 1.86 bits per heavy atom. The number of benzene rings is 2. The second-order valence-electron chi connectivity index (χ2n) is 6.12. The van der Waals surface area contributed by atoms with Crippen molar-refractivity contribution in [3.8, 4) is 6.07 Å². The highest BCUT2D eigenvalue weighted by Gasteiger charge is 2.20. The van der Waals surface area contributed by atoms with E-state index in [1.54, 1.807) is 19.1 Å². The van der Waals surface area contributed by atoms with Crippen LogP contribution in [0.2, 0.25) is 0 Å². The fourth-order valence-corrected chi connectivity index (χ4v) is 3.68. The smallest absolute Gasteiger partial charge is 0.338 e. The van der Waals surface area contributed by atoms with Crippen LogP contribution in [-0.4, -0.2) is 33.4 Å². The van der Waals surface area contributed by atoms with Gasteiger partial charge in [-0.2, -0.15) is 5.26 Å². The van der Waals surface area contributed by atoms with Gasteiger partial charge in [0.25, 0.3) is 5.91 Å². The van der Waals surface area contributed by atoms with Gasteiger partial charge in [0.1, 0.15) is 0 Å². The number of esters is 1. The number of carbonyl (C=O) groups is 2. The van der Waals surface area contributed by atoms with Crippen LogP contribution in [0.3, 0.4) is 0 Å². The minimum absolute atomic E-state index is 0.0144. The monoisotopic (exact) mass is 415 g/mol. The second-order valence-corrected chi connectivity index (χ2v) is 7.86. The number of amides is 1. The van der Waals surface area contributed by atoms with Crippen LogP contribution in [0.25, 0.3) is 0 Å². The number of hydrogen-bond donors (Lipinski definition) is 2. The molecule has 29 heavy (non-hydrogen) atoms. The lowest BCUT2D eigenvalue weighted by Gasteiger charge is -2.11. The molecule has 0 saturated carbocycles. The van der Waals surface area contributed by atoms with Crippen LogP contribution >= 0.6 is 0 Å². The molecule has 0 fully saturated rings. The van der Waals surface area contributed by atoms with Gasteiger partial charge in [0.05, 0.1) is 22.9 Å². The van der Waals surface area contributed by atoms with Crippen molar-refractivity contribution in [2.24, 2.45) is 0 Å². The van der Waals surface area contributed by atoms with E-state index in [1.165, 1.54) is 18.2 Å². The van der Waals surface area contributed by atoms with Crippen molar-refractivity contribution in [2.75, 3.05) is 13.2 Å². The summed E-state index contributed by atoms with van der Waals surface area (Å²) in [7, 11) is -3.86. The molecule has 9 heteroatoms. The van der Waals surface area contributed by atoms with E-state index in [9.17, 15) is 18.0 Å². The molecule has 8 nitrogen and oxygen atoms in total. The molecule has 0 aliphatic rings. The van der Waals surface area contributed by atoms with Gasteiger partial charge >= 0.3 is 5.97 Å². The Morgan fingerprint density at radius 1 is 1.14 bits per heavy atom. The molecule has 2 aromatic carbocycles. The first kappa shape index (κ1) is 22.1. The number of aryl methyl sites for hydroxylation is 1. The molecule has 0 bridgehead atoms. The van der Waals surface area contributed by atoms with E-state index in [2.05, 4.69) is 10.0 Å². The van der Waals surface area contributed by atoms with E-state index >= 15 is 0 Å². The van der Waals surface area contributed by atoms with E-state index in [1.807, 2.05) is 24.3 Å². The lowest BCUT2D eigenvalue weighted by molar-refractivity contribution is -0.124. The zero-order valence-corrected chi connectivity index (χ0v) is 16.7. The van der Waals surface area contributed by atoms with Crippen molar-refractivity contribution in [2.45, 2.75) is 24.8 Å². The Bertz CT molecular complexity index is 1010. The Kier molecular flexibility index (Phi) is 7.88. The van der Waals surface area contributed by atoms with Gasteiger partial charge in [0.2, 0.25) is 10.0 Å². The summed E-state index contributed by atoms with van der Waals surface area (Å²) in [5, 5.41) is 10.8. The average Bonchev–Trinajstić information content (AvgIpc) is 2.72. The van der Waals surface area contributed by atoms with Crippen LogP contribution in [0.4, 0.5) is 0 Å². The molecule has 0 atom stereocenters. The van der Waals surface area contributed by atoms with E-state index < -0.39 is 28.5 Å². The molecule has 0 radical (unpaired) electrons. The number of ether oxygens (including phenoxy) is 1. The van der Waals surface area contributed by atoms with Crippen LogP contribution in [-0.2, 0) is 26.1 Å². The lowest BCUT2D eigenvalue weighted by Crippen LogP contribution is -2.29. The molecule has 0 aliphatic heterocycles. The molecule has 0 aromatic heterocycles. The Balaban J connectivity index is 2.05. The summed E-state index contributed by atoms with van der Waals surface area (Å²) < 4.78 is 32.7. The van der Waals surface area contributed by atoms with Gasteiger partial charge in [-0.1, -0.05) is 36.4 Å². The van der Waals surface area contributed by atoms with Gasteiger partial charge in [0.15, 0.2) is 6.61 Å². The lowest BCUT2D eigenvalue weighted by atomic mass is 10.1. The van der Waals surface area contributed by atoms with E-state index in [-0.39, 0.29) is 30.0 Å². The van der Waals surface area contributed by atoms with Crippen LogP contribution in [0, 0.1) is 18.3 Å². The first-order valence-corrected chi connectivity index (χ1v) is 10.3. The molecule has 152 valence electrons. The Labute approximate surface area is 169 Å². The molecule has 0 heterocycles. The predicted molar refractivity (Wildman–Crippen MR) is 105 cm³/mol. The number of hydrogen-bond acceptors (Lipinski definition) is 6. The Hall–Kier alpha value is -3.22. The maximum absolute atomic E-state index is 12.7. The molecule has 0 saturated heterocycles. The summed E-state index contributed by atoms with van der Waals surface area (Å²) in [6.45, 7) is 1.37. The van der Waals surface area contributed by atoms with Gasteiger partial charge < -0.3 is 10.1 Å². The fourth-order valence-electron chi connectivity index (χ4n) is 2.39. The molecule has 2 rings (SSSR count). The van der Waals surface area contributed by atoms with Crippen molar-refractivity contribution in [1.29, 1.82) is 5.26 Å². The van der Waals surface area contributed by atoms with Crippen molar-refractivity contribution in [1.82, 2.24) is 10.0 Å². The number of nitriles is 1. The first-order valence-electron chi connectivity index (χ1n) is 8.78. The number of sulfonamides is 1. The van der Waals surface area contributed by atoms with Gasteiger partial charge in [-0.25, -0.2) is 17.9 Å². The summed E-state index contributed by atoms with van der Waals surface area (Å²) in [6.07, 6.45) is 0.148. The summed E-state index contributed by atoms with van der Waals surface area (Å²) in [5.41, 5.74) is 1.28.